The fourth-order valence-corrected chi connectivity index (χ4v) is 2.94. The van der Waals surface area contributed by atoms with Crippen molar-refractivity contribution in [2.75, 3.05) is 18.4 Å². The fourth-order valence-electron chi connectivity index (χ4n) is 2.94. The molecule has 1 aromatic heterocycles. The van der Waals surface area contributed by atoms with E-state index in [1.54, 1.807) is 47.5 Å². The maximum atomic E-state index is 12.6. The monoisotopic (exact) mass is 353 g/mol. The molecule has 2 N–H and O–H groups in total. The number of nitrogens with zero attached hydrogens (tertiary/aromatic N) is 2. The summed E-state index contributed by atoms with van der Waals surface area (Å²) in [5.41, 5.74) is 1.41. The summed E-state index contributed by atoms with van der Waals surface area (Å²) in [7, 11) is 0. The molecular formula is C19H19N3O4. The van der Waals surface area contributed by atoms with E-state index in [-0.39, 0.29) is 17.7 Å². The van der Waals surface area contributed by atoms with Crippen molar-refractivity contribution in [3.63, 3.8) is 0 Å². The van der Waals surface area contributed by atoms with Crippen molar-refractivity contribution in [3.05, 3.63) is 59.9 Å². The van der Waals surface area contributed by atoms with Crippen LogP contribution in [0.1, 0.15) is 33.6 Å². The molecule has 1 fully saturated rings. The van der Waals surface area contributed by atoms with E-state index in [0.29, 0.717) is 42.7 Å². The average Bonchev–Trinajstić information content (AvgIpc) is 2.68. The minimum Gasteiger partial charge on any atom is -0.481 e. The summed E-state index contributed by atoms with van der Waals surface area (Å²) >= 11 is 0. The second kappa shape index (κ2) is 7.77. The Hall–Kier alpha value is -3.22. The van der Waals surface area contributed by atoms with E-state index in [4.69, 9.17) is 5.11 Å². The number of benzene rings is 1. The Labute approximate surface area is 150 Å². The topological polar surface area (TPSA) is 99.6 Å². The lowest BCUT2D eigenvalue weighted by atomic mass is 9.96. The van der Waals surface area contributed by atoms with Gasteiger partial charge < -0.3 is 15.3 Å². The Morgan fingerprint density at radius 2 is 1.81 bits per heavy atom. The number of carboxylic acid groups (broad SMARTS) is 1. The lowest BCUT2D eigenvalue weighted by molar-refractivity contribution is -0.143. The summed E-state index contributed by atoms with van der Waals surface area (Å²) in [6, 6.07) is 10.1. The third-order valence-corrected chi connectivity index (χ3v) is 4.42. The first-order valence-corrected chi connectivity index (χ1v) is 8.38. The van der Waals surface area contributed by atoms with Crippen LogP contribution in [0.2, 0.25) is 0 Å². The Balaban J connectivity index is 1.66. The number of likely N-dealkylation sites (tertiary alicyclic amines) is 1. The molecule has 2 aromatic rings. The van der Waals surface area contributed by atoms with E-state index in [0.717, 1.165) is 0 Å². The third kappa shape index (κ3) is 4.05. The van der Waals surface area contributed by atoms with Crippen molar-refractivity contribution in [2.24, 2.45) is 5.92 Å². The number of aromatic nitrogens is 1. The largest absolute Gasteiger partial charge is 0.481 e. The highest BCUT2D eigenvalue weighted by Crippen LogP contribution is 2.20. The second-order valence-corrected chi connectivity index (χ2v) is 6.18. The van der Waals surface area contributed by atoms with E-state index >= 15 is 0 Å². The molecule has 0 aliphatic carbocycles. The number of hydrogen-bond donors (Lipinski definition) is 2. The zero-order chi connectivity index (χ0) is 18.5. The Morgan fingerprint density at radius 3 is 2.46 bits per heavy atom. The zero-order valence-electron chi connectivity index (χ0n) is 14.1. The number of carboxylic acids is 1. The van der Waals surface area contributed by atoms with Crippen molar-refractivity contribution < 1.29 is 19.5 Å². The van der Waals surface area contributed by atoms with E-state index in [1.807, 2.05) is 0 Å². The number of pyridine rings is 1. The molecule has 3 rings (SSSR count). The van der Waals surface area contributed by atoms with Crippen LogP contribution in [-0.4, -0.2) is 45.9 Å². The van der Waals surface area contributed by atoms with Crippen LogP contribution in [0.5, 0.6) is 0 Å². The molecule has 7 heteroatoms. The summed E-state index contributed by atoms with van der Waals surface area (Å²) in [5, 5.41) is 11.8. The van der Waals surface area contributed by atoms with Crippen LogP contribution in [0.3, 0.4) is 0 Å². The molecule has 0 atom stereocenters. The van der Waals surface area contributed by atoms with Gasteiger partial charge in [0, 0.05) is 36.7 Å². The molecule has 0 bridgehead atoms. The van der Waals surface area contributed by atoms with E-state index < -0.39 is 5.97 Å². The predicted octanol–water partition coefficient (Wildman–Crippen LogP) is 2.27. The maximum absolute atomic E-state index is 12.6. The first kappa shape index (κ1) is 17.6. The molecule has 26 heavy (non-hydrogen) atoms. The number of hydrogen-bond acceptors (Lipinski definition) is 4. The van der Waals surface area contributed by atoms with Gasteiger partial charge in [-0.15, -0.1) is 0 Å². The summed E-state index contributed by atoms with van der Waals surface area (Å²) < 4.78 is 0. The highest BCUT2D eigenvalue weighted by Gasteiger charge is 2.27. The smallest absolute Gasteiger partial charge is 0.306 e. The van der Waals surface area contributed by atoms with Crippen LogP contribution in [0.25, 0.3) is 0 Å². The first-order chi connectivity index (χ1) is 12.5. The molecule has 2 amide bonds. The molecule has 134 valence electrons. The fraction of sp³-hybridized carbons (Fsp3) is 0.263. The third-order valence-electron chi connectivity index (χ3n) is 4.42. The van der Waals surface area contributed by atoms with Crippen LogP contribution in [-0.2, 0) is 4.79 Å². The minimum atomic E-state index is -0.808. The standard InChI is InChI=1S/C19H19N3O4/c23-17(15-4-2-8-20-12-15)21-16-5-1-3-14(11-16)18(24)22-9-6-13(7-10-22)19(25)26/h1-5,8,11-13H,6-7,9-10H2,(H,21,23)(H,25,26). The Kier molecular flexibility index (Phi) is 5.26. The van der Waals surface area contributed by atoms with Gasteiger partial charge in [-0.1, -0.05) is 6.07 Å². The van der Waals surface area contributed by atoms with Gasteiger partial charge in [0.15, 0.2) is 0 Å². The molecule has 1 aromatic carbocycles. The summed E-state index contributed by atoms with van der Waals surface area (Å²) in [4.78, 5) is 41.4. The molecular weight excluding hydrogens is 334 g/mol. The molecule has 7 nitrogen and oxygen atoms in total. The van der Waals surface area contributed by atoms with E-state index in [9.17, 15) is 14.4 Å². The Bertz CT molecular complexity index is 815. The second-order valence-electron chi connectivity index (χ2n) is 6.18. The zero-order valence-corrected chi connectivity index (χ0v) is 14.1. The van der Waals surface area contributed by atoms with Crippen LogP contribution < -0.4 is 5.32 Å². The van der Waals surface area contributed by atoms with Gasteiger partial charge in [-0.3, -0.25) is 19.4 Å². The van der Waals surface area contributed by atoms with Crippen LogP contribution in [0.15, 0.2) is 48.8 Å². The summed E-state index contributed by atoms with van der Waals surface area (Å²) in [6.45, 7) is 0.837. The number of anilines is 1. The molecule has 0 radical (unpaired) electrons. The molecule has 0 saturated carbocycles. The van der Waals surface area contributed by atoms with Crippen LogP contribution in [0.4, 0.5) is 5.69 Å². The van der Waals surface area contributed by atoms with Gasteiger partial charge in [0.25, 0.3) is 11.8 Å². The average molecular weight is 353 g/mol. The maximum Gasteiger partial charge on any atom is 0.306 e. The summed E-state index contributed by atoms with van der Waals surface area (Å²) in [6.07, 6.45) is 3.97. The van der Waals surface area contributed by atoms with Gasteiger partial charge in [0.05, 0.1) is 11.5 Å². The summed E-state index contributed by atoms with van der Waals surface area (Å²) in [5.74, 6) is -1.65. The number of nitrogens with one attached hydrogen (secondary N) is 1. The minimum absolute atomic E-state index is 0.161. The van der Waals surface area contributed by atoms with Gasteiger partial charge in [-0.2, -0.15) is 0 Å². The molecule has 2 heterocycles. The number of aliphatic carboxylic acids is 1. The van der Waals surface area contributed by atoms with E-state index in [2.05, 4.69) is 10.3 Å². The lowest BCUT2D eigenvalue weighted by Crippen LogP contribution is -2.40. The van der Waals surface area contributed by atoms with Gasteiger partial charge in [-0.25, -0.2) is 0 Å². The Morgan fingerprint density at radius 1 is 1.08 bits per heavy atom. The normalized spacial score (nSPS) is 14.7. The number of rotatable bonds is 4. The van der Waals surface area contributed by atoms with Crippen LogP contribution in [0, 0.1) is 5.92 Å². The molecule has 1 aliphatic rings. The van der Waals surface area contributed by atoms with Crippen molar-refractivity contribution in [1.82, 2.24) is 9.88 Å². The van der Waals surface area contributed by atoms with Gasteiger partial charge >= 0.3 is 5.97 Å². The van der Waals surface area contributed by atoms with Crippen molar-refractivity contribution in [3.8, 4) is 0 Å². The number of carbonyl (C=O) groups excluding carboxylic acids is 2. The predicted molar refractivity (Wildman–Crippen MR) is 94.9 cm³/mol. The van der Waals surface area contributed by atoms with Gasteiger partial charge in [0.1, 0.15) is 0 Å². The lowest BCUT2D eigenvalue weighted by Gasteiger charge is -2.30. The van der Waals surface area contributed by atoms with Gasteiger partial charge in [0.2, 0.25) is 0 Å². The highest BCUT2D eigenvalue weighted by atomic mass is 16.4. The SMILES string of the molecule is O=C(Nc1cccc(C(=O)N2CCC(C(=O)O)CC2)c1)c1cccnc1. The van der Waals surface area contributed by atoms with E-state index in [1.165, 1.54) is 6.20 Å². The highest BCUT2D eigenvalue weighted by molar-refractivity contribution is 6.04. The molecule has 0 unspecified atom stereocenters. The number of carbonyl (C=O) groups is 3. The molecule has 1 saturated heterocycles. The quantitative estimate of drug-likeness (QED) is 0.878. The number of piperidine rings is 1. The number of amides is 2. The van der Waals surface area contributed by atoms with Crippen molar-refractivity contribution in [1.29, 1.82) is 0 Å². The van der Waals surface area contributed by atoms with Crippen molar-refractivity contribution in [2.45, 2.75) is 12.8 Å². The molecule has 0 spiro atoms. The van der Waals surface area contributed by atoms with Crippen molar-refractivity contribution >= 4 is 23.5 Å². The van der Waals surface area contributed by atoms with Crippen LogP contribution >= 0.6 is 0 Å². The first-order valence-electron chi connectivity index (χ1n) is 8.38. The molecule has 1 aliphatic heterocycles. The van der Waals surface area contributed by atoms with Gasteiger partial charge in [-0.05, 0) is 43.2 Å².